The molecule has 1 aromatic carbocycles. The summed E-state index contributed by atoms with van der Waals surface area (Å²) in [6.45, 7) is 5.16. The van der Waals surface area contributed by atoms with Crippen molar-refractivity contribution in [3.8, 4) is 0 Å². The van der Waals surface area contributed by atoms with Gasteiger partial charge in [0.1, 0.15) is 6.29 Å². The van der Waals surface area contributed by atoms with Gasteiger partial charge in [-0.1, -0.05) is 51.3 Å². The lowest BCUT2D eigenvalue weighted by Crippen LogP contribution is -2.36. The Labute approximate surface area is 133 Å². The molecule has 1 aliphatic rings. The van der Waals surface area contributed by atoms with Crippen molar-refractivity contribution >= 4 is 12.2 Å². The van der Waals surface area contributed by atoms with Crippen LogP contribution in [0.4, 0.5) is 0 Å². The van der Waals surface area contributed by atoms with Crippen molar-refractivity contribution in [3.63, 3.8) is 0 Å². The number of carbonyl (C=O) groups excluding carboxylic acids is 2. The predicted octanol–water partition coefficient (Wildman–Crippen LogP) is 3.49. The fraction of sp³-hybridized carbons (Fsp3) is 0.556. The van der Waals surface area contributed by atoms with Crippen molar-refractivity contribution in [1.29, 1.82) is 0 Å². The van der Waals surface area contributed by atoms with E-state index < -0.39 is 6.04 Å². The van der Waals surface area contributed by atoms with Crippen LogP contribution in [0.15, 0.2) is 24.3 Å². The second-order valence-electron chi connectivity index (χ2n) is 5.13. The lowest BCUT2D eigenvalue weighted by atomic mass is 10.1. The zero-order valence-electron chi connectivity index (χ0n) is 13.6. The molecule has 0 spiro atoms. The van der Waals surface area contributed by atoms with Gasteiger partial charge in [-0.3, -0.25) is 4.79 Å². The van der Waals surface area contributed by atoms with E-state index in [-0.39, 0.29) is 5.91 Å². The summed E-state index contributed by atoms with van der Waals surface area (Å²) in [7, 11) is 0. The summed E-state index contributed by atoms with van der Waals surface area (Å²) in [6, 6.07) is 6.99. The van der Waals surface area contributed by atoms with Gasteiger partial charge in [0.05, 0.1) is 12.6 Å². The molecule has 0 bridgehead atoms. The molecule has 1 aromatic rings. The van der Waals surface area contributed by atoms with E-state index in [0.717, 1.165) is 37.5 Å². The van der Waals surface area contributed by atoms with Crippen molar-refractivity contribution in [2.45, 2.75) is 58.6 Å². The first-order valence-corrected chi connectivity index (χ1v) is 8.23. The highest BCUT2D eigenvalue weighted by Crippen LogP contribution is 2.13. The average Bonchev–Trinajstić information content (AvgIpc) is 2.58. The highest BCUT2D eigenvalue weighted by molar-refractivity contribution is 5.96. The fourth-order valence-electron chi connectivity index (χ4n) is 2.39. The van der Waals surface area contributed by atoms with Crippen LogP contribution in [-0.2, 0) is 16.1 Å². The average molecular weight is 305 g/mol. The topological polar surface area (TPSA) is 55.4 Å². The van der Waals surface area contributed by atoms with Crippen LogP contribution in [0.5, 0.6) is 0 Å². The van der Waals surface area contributed by atoms with Crippen LogP contribution in [0.2, 0.25) is 0 Å². The van der Waals surface area contributed by atoms with Crippen LogP contribution in [0, 0.1) is 0 Å². The van der Waals surface area contributed by atoms with Gasteiger partial charge >= 0.3 is 0 Å². The van der Waals surface area contributed by atoms with E-state index in [9.17, 15) is 9.59 Å². The zero-order valence-corrected chi connectivity index (χ0v) is 13.6. The van der Waals surface area contributed by atoms with Crippen LogP contribution < -0.4 is 5.32 Å². The number of hydrogen-bond donors (Lipinski definition) is 1. The van der Waals surface area contributed by atoms with E-state index in [1.807, 2.05) is 32.0 Å². The number of amides is 1. The summed E-state index contributed by atoms with van der Waals surface area (Å²) < 4.78 is 5.63. The lowest BCUT2D eigenvalue weighted by molar-refractivity contribution is -0.109. The first-order chi connectivity index (χ1) is 10.8. The standard InChI is InChI=1S/C16H21NO3.C2H6/c18-11-14-8-3-1-2-6-10-20-12-13-7-4-5-9-15(13)16(19)17-14;1-2/h4-5,7,9,11,14H,1-3,6,8,10,12H2,(H,17,19);1-2H3. The molecule has 4 heteroatoms. The molecule has 1 heterocycles. The molecule has 1 amide bonds. The molecular formula is C18H27NO3. The fourth-order valence-corrected chi connectivity index (χ4v) is 2.39. The minimum absolute atomic E-state index is 0.194. The third kappa shape index (κ3) is 5.98. The van der Waals surface area contributed by atoms with Gasteiger partial charge in [-0.25, -0.2) is 0 Å². The third-order valence-corrected chi connectivity index (χ3v) is 3.55. The molecule has 0 aliphatic carbocycles. The number of hydrogen-bond acceptors (Lipinski definition) is 3. The molecule has 1 atom stereocenters. The summed E-state index contributed by atoms with van der Waals surface area (Å²) in [5.74, 6) is -0.194. The number of aldehydes is 1. The Kier molecular flexibility index (Phi) is 9.15. The second-order valence-corrected chi connectivity index (χ2v) is 5.13. The normalized spacial score (nSPS) is 19.9. The molecule has 0 saturated heterocycles. The van der Waals surface area contributed by atoms with Crippen LogP contribution in [0.3, 0.4) is 0 Å². The van der Waals surface area contributed by atoms with Gasteiger partial charge in [0.25, 0.3) is 5.91 Å². The van der Waals surface area contributed by atoms with Crippen molar-refractivity contribution in [2.75, 3.05) is 6.61 Å². The minimum atomic E-state index is -0.391. The SMILES string of the molecule is CC.O=CC1CCCCCCOCc2ccccc2C(=O)N1. The van der Waals surface area contributed by atoms with E-state index in [1.165, 1.54) is 0 Å². The Bertz CT molecular complexity index is 459. The third-order valence-electron chi connectivity index (χ3n) is 3.55. The number of benzene rings is 1. The van der Waals surface area contributed by atoms with Crippen LogP contribution >= 0.6 is 0 Å². The van der Waals surface area contributed by atoms with E-state index in [2.05, 4.69) is 5.32 Å². The zero-order chi connectivity index (χ0) is 16.2. The van der Waals surface area contributed by atoms with Crippen molar-refractivity contribution in [3.05, 3.63) is 35.4 Å². The number of ether oxygens (including phenoxy) is 1. The number of fused-ring (bicyclic) bond motifs is 1. The van der Waals surface area contributed by atoms with Crippen molar-refractivity contribution in [2.24, 2.45) is 0 Å². The Hall–Kier alpha value is -1.68. The Morgan fingerprint density at radius 2 is 1.86 bits per heavy atom. The summed E-state index contributed by atoms with van der Waals surface area (Å²) in [5.41, 5.74) is 1.47. The first kappa shape index (κ1) is 18.4. The molecule has 1 unspecified atom stereocenters. The molecule has 2 rings (SSSR count). The highest BCUT2D eigenvalue weighted by Gasteiger charge is 2.16. The molecule has 22 heavy (non-hydrogen) atoms. The van der Waals surface area contributed by atoms with E-state index >= 15 is 0 Å². The monoisotopic (exact) mass is 305 g/mol. The maximum atomic E-state index is 12.3. The smallest absolute Gasteiger partial charge is 0.252 e. The molecule has 4 nitrogen and oxygen atoms in total. The minimum Gasteiger partial charge on any atom is -0.377 e. The molecule has 122 valence electrons. The molecule has 0 radical (unpaired) electrons. The Morgan fingerprint density at radius 3 is 2.64 bits per heavy atom. The summed E-state index contributed by atoms with van der Waals surface area (Å²) in [6.07, 6.45) is 5.67. The van der Waals surface area contributed by atoms with Gasteiger partial charge in [0.2, 0.25) is 0 Å². The van der Waals surface area contributed by atoms with Gasteiger partial charge < -0.3 is 14.8 Å². The number of carbonyl (C=O) groups is 2. The van der Waals surface area contributed by atoms with E-state index in [4.69, 9.17) is 4.74 Å². The second kappa shape index (κ2) is 11.0. The van der Waals surface area contributed by atoms with Gasteiger partial charge in [-0.2, -0.15) is 0 Å². The quantitative estimate of drug-likeness (QED) is 0.808. The van der Waals surface area contributed by atoms with Gasteiger partial charge in [-0.15, -0.1) is 0 Å². The molecule has 0 fully saturated rings. The largest absolute Gasteiger partial charge is 0.377 e. The number of rotatable bonds is 1. The molecule has 0 aromatic heterocycles. The van der Waals surface area contributed by atoms with E-state index in [0.29, 0.717) is 25.2 Å². The maximum absolute atomic E-state index is 12.3. The van der Waals surface area contributed by atoms with Gasteiger partial charge in [0, 0.05) is 12.2 Å². The van der Waals surface area contributed by atoms with Gasteiger partial charge in [-0.05, 0) is 24.5 Å². The molecule has 1 aliphatic heterocycles. The van der Waals surface area contributed by atoms with Crippen LogP contribution in [0.1, 0.15) is 61.9 Å². The van der Waals surface area contributed by atoms with Crippen LogP contribution in [-0.4, -0.2) is 24.8 Å². The number of nitrogens with one attached hydrogen (secondary N) is 1. The van der Waals surface area contributed by atoms with Crippen molar-refractivity contribution < 1.29 is 14.3 Å². The van der Waals surface area contributed by atoms with E-state index in [1.54, 1.807) is 6.07 Å². The molecular weight excluding hydrogens is 278 g/mol. The molecule has 1 N–H and O–H groups in total. The molecule has 0 saturated carbocycles. The summed E-state index contributed by atoms with van der Waals surface area (Å²) in [4.78, 5) is 23.3. The Morgan fingerprint density at radius 1 is 1.14 bits per heavy atom. The first-order valence-electron chi connectivity index (χ1n) is 8.23. The van der Waals surface area contributed by atoms with Gasteiger partial charge in [0.15, 0.2) is 0 Å². The highest BCUT2D eigenvalue weighted by atomic mass is 16.5. The maximum Gasteiger partial charge on any atom is 0.252 e. The predicted molar refractivity (Wildman–Crippen MR) is 87.8 cm³/mol. The summed E-state index contributed by atoms with van der Waals surface area (Å²) >= 11 is 0. The van der Waals surface area contributed by atoms with Crippen LogP contribution in [0.25, 0.3) is 0 Å². The summed E-state index contributed by atoms with van der Waals surface area (Å²) in [5, 5.41) is 2.80. The Balaban J connectivity index is 0.00000116. The van der Waals surface area contributed by atoms with Crippen molar-refractivity contribution in [1.82, 2.24) is 5.32 Å². The lowest BCUT2D eigenvalue weighted by Gasteiger charge is -2.14.